The van der Waals surface area contributed by atoms with Gasteiger partial charge < -0.3 is 9.84 Å². The van der Waals surface area contributed by atoms with Crippen LogP contribution in [0.3, 0.4) is 0 Å². The molecule has 0 unspecified atom stereocenters. The van der Waals surface area contributed by atoms with E-state index in [1.165, 1.54) is 7.11 Å². The van der Waals surface area contributed by atoms with Gasteiger partial charge in [-0.15, -0.1) is 0 Å². The number of carbonyl (C=O) groups excluding carboxylic acids is 1. The van der Waals surface area contributed by atoms with Crippen LogP contribution in [0.1, 0.15) is 29.9 Å². The van der Waals surface area contributed by atoms with E-state index in [4.69, 9.17) is 16.3 Å². The number of aromatic nitrogens is 2. The number of halogens is 1. The van der Waals surface area contributed by atoms with Crippen LogP contribution in [0.25, 0.3) is 28.2 Å². The summed E-state index contributed by atoms with van der Waals surface area (Å²) in [5, 5.41) is 11.1. The zero-order chi connectivity index (χ0) is 22.9. The molecule has 0 aliphatic rings. The van der Waals surface area contributed by atoms with E-state index in [0.717, 1.165) is 11.1 Å². The van der Waals surface area contributed by atoms with Gasteiger partial charge in [0, 0.05) is 11.8 Å². The molecule has 32 heavy (non-hydrogen) atoms. The molecule has 0 saturated heterocycles. The number of nitrogens with zero attached hydrogens (tertiary/aromatic N) is 2. The summed E-state index contributed by atoms with van der Waals surface area (Å²) in [7, 11) is 1.35. The molecule has 0 aliphatic heterocycles. The van der Waals surface area contributed by atoms with Crippen molar-refractivity contribution in [2.24, 2.45) is 0 Å². The van der Waals surface area contributed by atoms with Crippen molar-refractivity contribution in [2.75, 3.05) is 7.11 Å². The quantitative estimate of drug-likeness (QED) is 0.389. The van der Waals surface area contributed by atoms with Gasteiger partial charge in [0.15, 0.2) is 0 Å². The van der Waals surface area contributed by atoms with E-state index in [1.54, 1.807) is 36.7 Å². The second-order valence-electron chi connectivity index (χ2n) is 7.95. The fourth-order valence-corrected chi connectivity index (χ4v) is 3.74. The third-order valence-electron chi connectivity index (χ3n) is 5.22. The molecule has 1 heterocycles. The van der Waals surface area contributed by atoms with Crippen LogP contribution in [0.2, 0.25) is 5.02 Å². The summed E-state index contributed by atoms with van der Waals surface area (Å²) < 4.78 is 6.86. The predicted molar refractivity (Wildman–Crippen MR) is 126 cm³/mol. The molecule has 0 spiro atoms. The van der Waals surface area contributed by atoms with Crippen LogP contribution >= 0.6 is 11.6 Å². The Kier molecular flexibility index (Phi) is 5.87. The van der Waals surface area contributed by atoms with Crippen LogP contribution in [0, 0.1) is 0 Å². The van der Waals surface area contributed by atoms with E-state index in [9.17, 15) is 9.90 Å². The second kappa shape index (κ2) is 8.61. The van der Waals surface area contributed by atoms with Crippen molar-refractivity contribution in [3.63, 3.8) is 0 Å². The van der Waals surface area contributed by atoms with Gasteiger partial charge in [-0.1, -0.05) is 60.1 Å². The van der Waals surface area contributed by atoms with Crippen molar-refractivity contribution in [2.45, 2.75) is 19.4 Å². The highest BCUT2D eigenvalue weighted by Gasteiger charge is 2.26. The number of carbonyl (C=O) groups is 1. The molecule has 0 amide bonds. The van der Waals surface area contributed by atoms with Gasteiger partial charge in [-0.05, 0) is 49.2 Å². The van der Waals surface area contributed by atoms with Gasteiger partial charge in [0.2, 0.25) is 0 Å². The molecular formula is C26H23ClN2O3. The Hall–Kier alpha value is -3.41. The minimum Gasteiger partial charge on any atom is -0.465 e. The molecule has 162 valence electrons. The van der Waals surface area contributed by atoms with E-state index in [-0.39, 0.29) is 0 Å². The average molecular weight is 447 g/mol. The summed E-state index contributed by atoms with van der Waals surface area (Å²) in [6.07, 6.45) is 1.72. The first-order valence-corrected chi connectivity index (χ1v) is 10.5. The number of rotatable bonds is 5. The predicted octanol–water partition coefficient (Wildman–Crippen LogP) is 5.87. The zero-order valence-electron chi connectivity index (χ0n) is 18.0. The Labute approximate surface area is 191 Å². The lowest BCUT2D eigenvalue weighted by Crippen LogP contribution is -2.15. The minimum atomic E-state index is -1.18. The van der Waals surface area contributed by atoms with Crippen LogP contribution in [-0.2, 0) is 10.3 Å². The fourth-order valence-electron chi connectivity index (χ4n) is 3.52. The van der Waals surface area contributed by atoms with Crippen LogP contribution in [0.15, 0.2) is 79.0 Å². The number of esters is 1. The topological polar surface area (TPSA) is 64.3 Å². The van der Waals surface area contributed by atoms with Gasteiger partial charge in [0.25, 0.3) is 0 Å². The summed E-state index contributed by atoms with van der Waals surface area (Å²) in [6, 6.07) is 22.7. The summed E-state index contributed by atoms with van der Waals surface area (Å²) in [5.74, 6) is 0.0479. The number of ether oxygens (including phenoxy) is 1. The van der Waals surface area contributed by atoms with Crippen LogP contribution in [0.4, 0.5) is 0 Å². The third kappa shape index (κ3) is 4.17. The zero-order valence-corrected chi connectivity index (χ0v) is 18.8. The molecule has 0 radical (unpaired) electrons. The maximum atomic E-state index is 12.8. The van der Waals surface area contributed by atoms with Crippen molar-refractivity contribution in [3.05, 3.63) is 95.3 Å². The Balaban J connectivity index is 1.97. The average Bonchev–Trinajstić information content (AvgIpc) is 3.24. The molecule has 0 atom stereocenters. The number of hydrogen-bond donors (Lipinski definition) is 1. The molecule has 6 heteroatoms. The Morgan fingerprint density at radius 1 is 1.00 bits per heavy atom. The molecule has 0 fully saturated rings. The number of benzene rings is 3. The molecule has 3 aromatic carbocycles. The molecule has 5 nitrogen and oxygen atoms in total. The maximum Gasteiger partial charge on any atom is 0.340 e. The first kappa shape index (κ1) is 21.8. The Bertz CT molecular complexity index is 1270. The van der Waals surface area contributed by atoms with Crippen molar-refractivity contribution in [1.82, 2.24) is 9.55 Å². The highest BCUT2D eigenvalue weighted by Crippen LogP contribution is 2.34. The molecule has 0 saturated carbocycles. The van der Waals surface area contributed by atoms with Crippen molar-refractivity contribution < 1.29 is 14.6 Å². The summed E-state index contributed by atoms with van der Waals surface area (Å²) >= 11 is 6.47. The van der Waals surface area contributed by atoms with Crippen LogP contribution in [0.5, 0.6) is 0 Å². The van der Waals surface area contributed by atoms with Gasteiger partial charge in [0.1, 0.15) is 11.4 Å². The van der Waals surface area contributed by atoms with E-state index in [0.29, 0.717) is 33.4 Å². The van der Waals surface area contributed by atoms with Gasteiger partial charge in [-0.3, -0.25) is 4.57 Å². The normalized spacial score (nSPS) is 11.4. The summed E-state index contributed by atoms with van der Waals surface area (Å²) in [6.45, 7) is 3.32. The molecule has 1 N–H and O–H groups in total. The van der Waals surface area contributed by atoms with Gasteiger partial charge in [-0.25, -0.2) is 9.78 Å². The van der Waals surface area contributed by atoms with Gasteiger partial charge in [-0.2, -0.15) is 0 Å². The lowest BCUT2D eigenvalue weighted by Gasteiger charge is -2.15. The standard InChI is InChI=1S/C26H23ClN2O3/c1-26(2,31)23-16-29(24(28-23)19-11-7-8-12-21(19)27)22-14-13-18(15-20(22)25(30)32-3)17-9-5-4-6-10-17/h4-16,31H,1-3H3. The summed E-state index contributed by atoms with van der Waals surface area (Å²) in [4.78, 5) is 17.5. The molecule has 0 aliphatic carbocycles. The van der Waals surface area contributed by atoms with Crippen molar-refractivity contribution >= 4 is 17.6 Å². The molecule has 0 bridgehead atoms. The van der Waals surface area contributed by atoms with E-state index >= 15 is 0 Å². The highest BCUT2D eigenvalue weighted by atomic mass is 35.5. The number of aliphatic hydroxyl groups is 1. The molecular weight excluding hydrogens is 424 g/mol. The lowest BCUT2D eigenvalue weighted by molar-refractivity contribution is 0.0600. The largest absolute Gasteiger partial charge is 0.465 e. The van der Waals surface area contributed by atoms with Gasteiger partial charge >= 0.3 is 5.97 Å². The number of methoxy groups -OCH3 is 1. The minimum absolute atomic E-state index is 0.377. The smallest absolute Gasteiger partial charge is 0.340 e. The van der Waals surface area contributed by atoms with E-state index < -0.39 is 11.6 Å². The molecule has 4 rings (SSSR count). The monoisotopic (exact) mass is 446 g/mol. The lowest BCUT2D eigenvalue weighted by atomic mass is 10.0. The Morgan fingerprint density at radius 2 is 1.69 bits per heavy atom. The SMILES string of the molecule is COC(=O)c1cc(-c2ccccc2)ccc1-n1cc(C(C)(C)O)nc1-c1ccccc1Cl. The van der Waals surface area contributed by atoms with Crippen LogP contribution in [-0.4, -0.2) is 27.7 Å². The number of hydrogen-bond acceptors (Lipinski definition) is 4. The maximum absolute atomic E-state index is 12.8. The fraction of sp³-hybridized carbons (Fsp3) is 0.154. The van der Waals surface area contributed by atoms with Crippen molar-refractivity contribution in [3.8, 4) is 28.2 Å². The number of imidazole rings is 1. The molecule has 1 aromatic heterocycles. The third-order valence-corrected chi connectivity index (χ3v) is 5.55. The second-order valence-corrected chi connectivity index (χ2v) is 8.36. The first-order chi connectivity index (χ1) is 15.3. The highest BCUT2D eigenvalue weighted by molar-refractivity contribution is 6.33. The Morgan fingerprint density at radius 3 is 2.34 bits per heavy atom. The van der Waals surface area contributed by atoms with E-state index in [1.807, 2.05) is 60.7 Å². The van der Waals surface area contributed by atoms with E-state index in [2.05, 4.69) is 4.98 Å². The van der Waals surface area contributed by atoms with Crippen molar-refractivity contribution in [1.29, 1.82) is 0 Å². The van der Waals surface area contributed by atoms with Gasteiger partial charge in [0.05, 0.1) is 29.1 Å². The molecule has 4 aromatic rings. The first-order valence-electron chi connectivity index (χ1n) is 10.1. The van der Waals surface area contributed by atoms with Crippen LogP contribution < -0.4 is 0 Å². The summed E-state index contributed by atoms with van der Waals surface area (Å²) in [5.41, 5.74) is 2.78.